The molecular formula is C16H13BrN4O2. The largest absolute Gasteiger partial charge is 0.493 e. The van der Waals surface area contributed by atoms with E-state index in [1.54, 1.807) is 25.1 Å². The molecule has 0 radical (unpaired) electrons. The van der Waals surface area contributed by atoms with Crippen molar-refractivity contribution in [2.24, 2.45) is 10.2 Å². The molecule has 0 saturated heterocycles. The highest BCUT2D eigenvalue weighted by Crippen LogP contribution is 2.29. The predicted molar refractivity (Wildman–Crippen MR) is 90.3 cm³/mol. The first-order valence-corrected chi connectivity index (χ1v) is 7.44. The maximum atomic E-state index is 12.5. The highest BCUT2D eigenvalue weighted by Gasteiger charge is 2.18. The summed E-state index contributed by atoms with van der Waals surface area (Å²) in [5.74, 6) is -0.394. The van der Waals surface area contributed by atoms with Gasteiger partial charge in [-0.2, -0.15) is 5.26 Å². The van der Waals surface area contributed by atoms with Crippen LogP contribution in [0.5, 0.6) is 5.88 Å². The molecule has 1 heterocycles. The standard InChI is InChI=1S/C16H13BrN4O2/c1-3-8-21-15(22)11(9-18)10(2)14(16(21)23)20-19-13-7-5-4-6-12(13)17/h3-7,22H,1,8H2,2H3. The molecule has 116 valence electrons. The lowest BCUT2D eigenvalue weighted by molar-refractivity contribution is 0.414. The quantitative estimate of drug-likeness (QED) is 0.646. The Labute approximate surface area is 141 Å². The molecule has 6 nitrogen and oxygen atoms in total. The number of aromatic hydroxyl groups is 1. The van der Waals surface area contributed by atoms with Crippen molar-refractivity contribution in [1.29, 1.82) is 5.26 Å². The summed E-state index contributed by atoms with van der Waals surface area (Å²) in [7, 11) is 0. The molecule has 0 atom stereocenters. The summed E-state index contributed by atoms with van der Waals surface area (Å²) in [4.78, 5) is 12.5. The summed E-state index contributed by atoms with van der Waals surface area (Å²) in [5.41, 5.74) is 0.304. The van der Waals surface area contributed by atoms with Crippen LogP contribution >= 0.6 is 15.9 Å². The van der Waals surface area contributed by atoms with Crippen LogP contribution in [-0.2, 0) is 6.54 Å². The second-order valence-corrected chi connectivity index (χ2v) is 5.49. The Kier molecular flexibility index (Phi) is 5.09. The number of aromatic nitrogens is 1. The van der Waals surface area contributed by atoms with Crippen LogP contribution in [0.3, 0.4) is 0 Å². The highest BCUT2D eigenvalue weighted by molar-refractivity contribution is 9.10. The molecule has 1 N–H and O–H groups in total. The number of benzene rings is 1. The Hall–Kier alpha value is -2.72. The summed E-state index contributed by atoms with van der Waals surface area (Å²) in [6.07, 6.45) is 1.45. The Bertz CT molecular complexity index is 894. The van der Waals surface area contributed by atoms with E-state index >= 15 is 0 Å². The molecule has 0 aliphatic heterocycles. The van der Waals surface area contributed by atoms with E-state index in [1.807, 2.05) is 12.1 Å². The third kappa shape index (κ3) is 3.22. The van der Waals surface area contributed by atoms with Gasteiger partial charge in [0, 0.05) is 16.6 Å². The highest BCUT2D eigenvalue weighted by atomic mass is 79.9. The third-order valence-electron chi connectivity index (χ3n) is 3.19. The Morgan fingerprint density at radius 2 is 2.13 bits per heavy atom. The molecule has 0 amide bonds. The molecule has 7 heteroatoms. The van der Waals surface area contributed by atoms with Crippen LogP contribution in [0.2, 0.25) is 0 Å². The van der Waals surface area contributed by atoms with Gasteiger partial charge in [0.05, 0.1) is 5.69 Å². The summed E-state index contributed by atoms with van der Waals surface area (Å²) in [6, 6.07) is 9.04. The number of allylic oxidation sites excluding steroid dienone is 1. The van der Waals surface area contributed by atoms with Gasteiger partial charge in [0.1, 0.15) is 11.6 Å². The lowest BCUT2D eigenvalue weighted by atomic mass is 10.1. The molecular weight excluding hydrogens is 360 g/mol. The molecule has 0 aliphatic rings. The van der Waals surface area contributed by atoms with Gasteiger partial charge in [0.2, 0.25) is 5.88 Å². The van der Waals surface area contributed by atoms with Gasteiger partial charge in [0.15, 0.2) is 5.69 Å². The van der Waals surface area contributed by atoms with Crippen LogP contribution in [0.25, 0.3) is 0 Å². The SMILES string of the molecule is C=CCn1c(O)c(C#N)c(C)c(N=Nc2ccccc2Br)c1=O. The van der Waals surface area contributed by atoms with Gasteiger partial charge in [-0.3, -0.25) is 9.36 Å². The van der Waals surface area contributed by atoms with Crippen molar-refractivity contribution >= 4 is 27.3 Å². The van der Waals surface area contributed by atoms with E-state index < -0.39 is 11.4 Å². The zero-order valence-electron chi connectivity index (χ0n) is 12.3. The van der Waals surface area contributed by atoms with Crippen LogP contribution in [0.4, 0.5) is 11.4 Å². The van der Waals surface area contributed by atoms with Gasteiger partial charge in [-0.05, 0) is 35.0 Å². The van der Waals surface area contributed by atoms with Crippen LogP contribution in [0.1, 0.15) is 11.1 Å². The average molecular weight is 373 g/mol. The molecule has 0 saturated carbocycles. The van der Waals surface area contributed by atoms with E-state index in [1.165, 1.54) is 6.08 Å². The summed E-state index contributed by atoms with van der Waals surface area (Å²) in [5, 5.41) is 27.3. The van der Waals surface area contributed by atoms with E-state index in [0.717, 1.165) is 9.04 Å². The minimum Gasteiger partial charge on any atom is -0.493 e. The average Bonchev–Trinajstić information content (AvgIpc) is 2.53. The van der Waals surface area contributed by atoms with Gasteiger partial charge >= 0.3 is 0 Å². The Morgan fingerprint density at radius 3 is 2.74 bits per heavy atom. The molecule has 0 aliphatic carbocycles. The number of rotatable bonds is 4. The predicted octanol–water partition coefficient (Wildman–Crippen LogP) is 4.10. The molecule has 2 aromatic rings. The molecule has 0 spiro atoms. The van der Waals surface area contributed by atoms with Gasteiger partial charge in [-0.15, -0.1) is 16.8 Å². The van der Waals surface area contributed by atoms with E-state index in [-0.39, 0.29) is 23.4 Å². The first kappa shape index (κ1) is 16.6. The van der Waals surface area contributed by atoms with Crippen LogP contribution in [-0.4, -0.2) is 9.67 Å². The van der Waals surface area contributed by atoms with E-state index in [4.69, 9.17) is 0 Å². The van der Waals surface area contributed by atoms with Gasteiger partial charge in [0.25, 0.3) is 5.56 Å². The molecule has 1 aromatic heterocycles. The number of nitriles is 1. The van der Waals surface area contributed by atoms with Crippen LogP contribution in [0.15, 0.2) is 56.4 Å². The van der Waals surface area contributed by atoms with Crippen molar-refractivity contribution in [3.05, 3.63) is 62.9 Å². The zero-order chi connectivity index (χ0) is 17.0. The first-order chi connectivity index (χ1) is 11.0. The maximum Gasteiger partial charge on any atom is 0.281 e. The number of hydrogen-bond donors (Lipinski definition) is 1. The van der Waals surface area contributed by atoms with Crippen molar-refractivity contribution in [1.82, 2.24) is 4.57 Å². The maximum absolute atomic E-state index is 12.5. The first-order valence-electron chi connectivity index (χ1n) is 6.64. The Morgan fingerprint density at radius 1 is 1.43 bits per heavy atom. The number of halogens is 1. The molecule has 0 unspecified atom stereocenters. The summed E-state index contributed by atoms with van der Waals surface area (Å²) >= 11 is 3.34. The molecule has 0 bridgehead atoms. The third-order valence-corrected chi connectivity index (χ3v) is 3.86. The van der Waals surface area contributed by atoms with E-state index in [9.17, 15) is 15.2 Å². The van der Waals surface area contributed by atoms with Gasteiger partial charge < -0.3 is 5.11 Å². The second kappa shape index (κ2) is 7.03. The fraction of sp³-hybridized carbons (Fsp3) is 0.125. The second-order valence-electron chi connectivity index (χ2n) is 4.64. The minimum atomic E-state index is -0.533. The Balaban J connectivity index is 2.65. The van der Waals surface area contributed by atoms with Gasteiger partial charge in [-0.25, -0.2) is 0 Å². The lowest BCUT2D eigenvalue weighted by Gasteiger charge is -2.11. The summed E-state index contributed by atoms with van der Waals surface area (Å²) in [6.45, 7) is 5.15. The molecule has 0 fully saturated rings. The summed E-state index contributed by atoms with van der Waals surface area (Å²) < 4.78 is 1.76. The van der Waals surface area contributed by atoms with Crippen molar-refractivity contribution in [2.45, 2.75) is 13.5 Å². The van der Waals surface area contributed by atoms with Crippen molar-refractivity contribution in [3.8, 4) is 11.9 Å². The normalized spacial score (nSPS) is 10.7. The van der Waals surface area contributed by atoms with Crippen molar-refractivity contribution < 1.29 is 5.11 Å². The smallest absolute Gasteiger partial charge is 0.281 e. The molecule has 2 rings (SSSR count). The van der Waals surface area contributed by atoms with E-state index in [2.05, 4.69) is 32.7 Å². The van der Waals surface area contributed by atoms with Gasteiger partial charge in [-0.1, -0.05) is 18.2 Å². The monoisotopic (exact) mass is 372 g/mol. The van der Waals surface area contributed by atoms with Crippen LogP contribution < -0.4 is 5.56 Å². The van der Waals surface area contributed by atoms with Crippen LogP contribution in [0, 0.1) is 18.3 Å². The van der Waals surface area contributed by atoms with Crippen molar-refractivity contribution in [3.63, 3.8) is 0 Å². The fourth-order valence-electron chi connectivity index (χ4n) is 1.99. The fourth-order valence-corrected chi connectivity index (χ4v) is 2.36. The topological polar surface area (TPSA) is 90.7 Å². The molecule has 23 heavy (non-hydrogen) atoms. The molecule has 1 aromatic carbocycles. The number of hydrogen-bond acceptors (Lipinski definition) is 5. The lowest BCUT2D eigenvalue weighted by Crippen LogP contribution is -2.21. The van der Waals surface area contributed by atoms with Crippen molar-refractivity contribution in [2.75, 3.05) is 0 Å². The number of azo groups is 1. The van der Waals surface area contributed by atoms with E-state index in [0.29, 0.717) is 5.69 Å². The minimum absolute atomic E-state index is 0.00692. The number of nitrogens with zero attached hydrogens (tertiary/aromatic N) is 4. The zero-order valence-corrected chi connectivity index (χ0v) is 13.9. The number of pyridine rings is 1.